The minimum absolute atomic E-state index is 0.0727. The summed E-state index contributed by atoms with van der Waals surface area (Å²) in [6.45, 7) is 2.36. The second-order valence-corrected chi connectivity index (χ2v) is 5.05. The quantitative estimate of drug-likeness (QED) is 0.858. The average Bonchev–Trinajstić information content (AvgIpc) is 2.36. The van der Waals surface area contributed by atoms with E-state index in [2.05, 4.69) is 16.1 Å². The fourth-order valence-corrected chi connectivity index (χ4v) is 2.50. The fourth-order valence-electron chi connectivity index (χ4n) is 2.25. The lowest BCUT2D eigenvalue weighted by Gasteiger charge is -2.31. The maximum atomic E-state index is 13.6. The molecule has 0 bridgehead atoms. The van der Waals surface area contributed by atoms with Crippen molar-refractivity contribution >= 4 is 17.3 Å². The van der Waals surface area contributed by atoms with Gasteiger partial charge in [-0.3, -0.25) is 4.90 Å². The summed E-state index contributed by atoms with van der Waals surface area (Å²) in [6, 6.07) is 2.08. The van der Waals surface area contributed by atoms with Crippen LogP contribution < -0.4 is 5.32 Å². The minimum Gasteiger partial charge on any atom is -0.379 e. The Morgan fingerprint density at radius 3 is 2.63 bits per heavy atom. The molecule has 1 heterocycles. The van der Waals surface area contributed by atoms with E-state index in [1.165, 1.54) is 0 Å². The van der Waals surface area contributed by atoms with Crippen molar-refractivity contribution in [1.82, 2.24) is 4.90 Å². The molecule has 1 fully saturated rings. The molecule has 1 aliphatic rings. The van der Waals surface area contributed by atoms with Crippen molar-refractivity contribution in [3.8, 4) is 12.3 Å². The summed E-state index contributed by atoms with van der Waals surface area (Å²) in [4.78, 5) is 2.17. The van der Waals surface area contributed by atoms with Gasteiger partial charge in [0.25, 0.3) is 0 Å². The van der Waals surface area contributed by atoms with Crippen molar-refractivity contribution in [3.05, 3.63) is 28.8 Å². The highest BCUT2D eigenvalue weighted by Crippen LogP contribution is 2.28. The summed E-state index contributed by atoms with van der Waals surface area (Å²) in [6.07, 6.45) is 6.97. The lowest BCUT2D eigenvalue weighted by atomic mass is 10.0. The summed E-state index contributed by atoms with van der Waals surface area (Å²) in [5.41, 5.74) is 0.179. The van der Waals surface area contributed by atoms with Gasteiger partial charge in [0.2, 0.25) is 0 Å². The zero-order chi connectivity index (χ0) is 13.8. The number of terminal acetylenes is 1. The third-order valence-corrected chi connectivity index (χ3v) is 3.56. The molecule has 2 nitrogen and oxygen atoms in total. The highest BCUT2D eigenvalue weighted by Gasteiger charge is 2.20. The Morgan fingerprint density at radius 2 is 2.05 bits per heavy atom. The maximum Gasteiger partial charge on any atom is 0.150 e. The van der Waals surface area contributed by atoms with E-state index in [-0.39, 0.29) is 16.8 Å². The summed E-state index contributed by atoms with van der Waals surface area (Å²) in [5.74, 6) is 1.28. The molecule has 0 saturated carbocycles. The lowest BCUT2D eigenvalue weighted by molar-refractivity contribution is 0.243. The van der Waals surface area contributed by atoms with E-state index in [9.17, 15) is 8.78 Å². The van der Waals surface area contributed by atoms with Crippen LogP contribution in [0.25, 0.3) is 0 Å². The average molecular weight is 285 g/mol. The first kappa shape index (κ1) is 14.1. The molecule has 19 heavy (non-hydrogen) atoms. The topological polar surface area (TPSA) is 15.3 Å². The zero-order valence-corrected chi connectivity index (χ0v) is 11.2. The molecule has 0 spiro atoms. The van der Waals surface area contributed by atoms with Crippen LogP contribution >= 0.6 is 11.6 Å². The van der Waals surface area contributed by atoms with E-state index in [0.717, 1.165) is 38.1 Å². The maximum absolute atomic E-state index is 13.6. The van der Waals surface area contributed by atoms with Crippen LogP contribution in [0.5, 0.6) is 0 Å². The Hall–Kier alpha value is -1.31. The lowest BCUT2D eigenvalue weighted by Crippen LogP contribution is -2.39. The van der Waals surface area contributed by atoms with Crippen molar-refractivity contribution in [3.63, 3.8) is 0 Å². The van der Waals surface area contributed by atoms with E-state index < -0.39 is 11.6 Å². The molecule has 0 amide bonds. The Balaban J connectivity index is 1.98. The number of benzene rings is 1. The second kappa shape index (κ2) is 6.23. The van der Waals surface area contributed by atoms with Gasteiger partial charge in [-0.05, 0) is 18.9 Å². The molecular weight excluding hydrogens is 270 g/mol. The molecule has 0 aromatic heterocycles. The van der Waals surface area contributed by atoms with Crippen LogP contribution in [0.15, 0.2) is 12.1 Å². The highest BCUT2D eigenvalue weighted by atomic mass is 35.5. The van der Waals surface area contributed by atoms with Crippen molar-refractivity contribution < 1.29 is 8.78 Å². The molecular formula is C14H15ClF2N2. The molecule has 1 N–H and O–H groups in total. The number of rotatable bonds is 3. The van der Waals surface area contributed by atoms with Crippen LogP contribution in [0, 0.1) is 24.0 Å². The Kier molecular flexibility index (Phi) is 4.62. The number of nitrogens with one attached hydrogen (secondary N) is 1. The van der Waals surface area contributed by atoms with Crippen molar-refractivity contribution in [2.45, 2.75) is 18.9 Å². The first-order valence-electron chi connectivity index (χ1n) is 6.17. The molecule has 1 aliphatic heterocycles. The number of anilines is 1. The van der Waals surface area contributed by atoms with Gasteiger partial charge in [0.05, 0.1) is 17.3 Å². The predicted octanol–water partition coefficient (Wildman–Crippen LogP) is 3.13. The van der Waals surface area contributed by atoms with E-state index in [1.54, 1.807) is 0 Å². The number of hydrogen-bond acceptors (Lipinski definition) is 2. The van der Waals surface area contributed by atoms with Gasteiger partial charge in [-0.2, -0.15) is 0 Å². The van der Waals surface area contributed by atoms with Crippen LogP contribution in [0.2, 0.25) is 5.02 Å². The van der Waals surface area contributed by atoms with Gasteiger partial charge in [0.15, 0.2) is 5.82 Å². The third kappa shape index (κ3) is 3.59. The molecule has 5 heteroatoms. The van der Waals surface area contributed by atoms with Crippen LogP contribution in [0.1, 0.15) is 12.8 Å². The standard InChI is InChI=1S/C14H15ClF2N2/c1-2-5-19-6-3-11(4-7-19)18-14-12(15)8-10(16)9-13(14)17/h1,8-9,11,18H,3-7H2. The normalized spacial score (nSPS) is 17.2. The van der Waals surface area contributed by atoms with Crippen molar-refractivity contribution in [2.75, 3.05) is 25.0 Å². The van der Waals surface area contributed by atoms with E-state index in [1.807, 2.05) is 0 Å². The Labute approximate surface area is 116 Å². The molecule has 1 saturated heterocycles. The van der Waals surface area contributed by atoms with Gasteiger partial charge in [-0.1, -0.05) is 17.5 Å². The summed E-state index contributed by atoms with van der Waals surface area (Å²) < 4.78 is 26.6. The van der Waals surface area contributed by atoms with Crippen LogP contribution in [0.3, 0.4) is 0 Å². The van der Waals surface area contributed by atoms with Gasteiger partial charge in [-0.25, -0.2) is 8.78 Å². The molecule has 1 aromatic carbocycles. The van der Waals surface area contributed by atoms with Crippen LogP contribution in [-0.2, 0) is 0 Å². The first-order valence-corrected chi connectivity index (χ1v) is 6.55. The molecule has 0 aliphatic carbocycles. The third-order valence-electron chi connectivity index (χ3n) is 3.26. The van der Waals surface area contributed by atoms with Gasteiger partial charge >= 0.3 is 0 Å². The molecule has 0 radical (unpaired) electrons. The number of nitrogens with zero attached hydrogens (tertiary/aromatic N) is 1. The largest absolute Gasteiger partial charge is 0.379 e. The van der Waals surface area contributed by atoms with Gasteiger partial charge in [0.1, 0.15) is 5.82 Å². The number of piperidine rings is 1. The van der Waals surface area contributed by atoms with Crippen LogP contribution in [-0.4, -0.2) is 30.6 Å². The van der Waals surface area contributed by atoms with E-state index in [4.69, 9.17) is 18.0 Å². The number of likely N-dealkylation sites (tertiary alicyclic amines) is 1. The monoisotopic (exact) mass is 284 g/mol. The van der Waals surface area contributed by atoms with Crippen molar-refractivity contribution in [2.24, 2.45) is 0 Å². The molecule has 0 unspecified atom stereocenters. The van der Waals surface area contributed by atoms with E-state index in [0.29, 0.717) is 6.54 Å². The number of hydrogen-bond donors (Lipinski definition) is 1. The SMILES string of the molecule is C#CCN1CCC(Nc2c(F)cc(F)cc2Cl)CC1. The number of halogens is 3. The highest BCUT2D eigenvalue weighted by molar-refractivity contribution is 6.33. The first-order chi connectivity index (χ1) is 9.10. The van der Waals surface area contributed by atoms with Gasteiger partial charge < -0.3 is 5.32 Å². The van der Waals surface area contributed by atoms with Gasteiger partial charge in [0, 0.05) is 25.2 Å². The van der Waals surface area contributed by atoms with Crippen molar-refractivity contribution in [1.29, 1.82) is 0 Å². The smallest absolute Gasteiger partial charge is 0.150 e. The van der Waals surface area contributed by atoms with Gasteiger partial charge in [-0.15, -0.1) is 6.42 Å². The zero-order valence-electron chi connectivity index (χ0n) is 10.4. The fraction of sp³-hybridized carbons (Fsp3) is 0.429. The second-order valence-electron chi connectivity index (χ2n) is 4.64. The molecule has 102 valence electrons. The summed E-state index contributed by atoms with van der Waals surface area (Å²) in [5, 5.41) is 3.13. The molecule has 0 atom stereocenters. The minimum atomic E-state index is -0.670. The Bertz CT molecular complexity index is 468. The summed E-state index contributed by atoms with van der Waals surface area (Å²) >= 11 is 5.85. The predicted molar refractivity (Wildman–Crippen MR) is 73.3 cm³/mol. The molecule has 1 aromatic rings. The van der Waals surface area contributed by atoms with E-state index >= 15 is 0 Å². The Morgan fingerprint density at radius 1 is 1.37 bits per heavy atom. The summed E-state index contributed by atoms with van der Waals surface area (Å²) in [7, 11) is 0. The van der Waals surface area contributed by atoms with Crippen LogP contribution in [0.4, 0.5) is 14.5 Å². The molecule has 2 rings (SSSR count).